The first-order valence-electron chi connectivity index (χ1n) is 5.82. The summed E-state index contributed by atoms with van der Waals surface area (Å²) in [5.41, 5.74) is 0.0499. The maximum Gasteiger partial charge on any atom is 0.355 e. The molecular formula is C13H12N2O3S2. The highest BCUT2D eigenvalue weighted by molar-refractivity contribution is 7.10. The van der Waals surface area contributed by atoms with E-state index in [1.165, 1.54) is 22.8 Å². The van der Waals surface area contributed by atoms with Gasteiger partial charge in [0.1, 0.15) is 0 Å². The van der Waals surface area contributed by atoms with Crippen molar-refractivity contribution in [3.05, 3.63) is 44.5 Å². The Labute approximate surface area is 123 Å². The molecule has 0 radical (unpaired) electrons. The van der Waals surface area contributed by atoms with Crippen LogP contribution in [0.1, 0.15) is 20.4 Å². The lowest BCUT2D eigenvalue weighted by molar-refractivity contribution is -0.116. The van der Waals surface area contributed by atoms with E-state index < -0.39 is 5.97 Å². The molecule has 0 aliphatic heterocycles. The monoisotopic (exact) mass is 308 g/mol. The third kappa shape index (κ3) is 4.29. The number of aromatic nitrogens is 1. The molecule has 20 heavy (non-hydrogen) atoms. The fourth-order valence-electron chi connectivity index (χ4n) is 1.42. The molecular weight excluding hydrogens is 296 g/mol. The molecule has 0 aliphatic rings. The highest BCUT2D eigenvalue weighted by Gasteiger charge is 2.08. The number of carbonyl (C=O) groups excluding carboxylic acids is 1. The molecule has 2 rings (SSSR count). The van der Waals surface area contributed by atoms with Crippen LogP contribution in [0.2, 0.25) is 0 Å². The van der Waals surface area contributed by atoms with Crippen LogP contribution in [0.3, 0.4) is 0 Å². The standard InChI is InChI=1S/C13H12N2O3S2/c16-11(4-3-9-2-1-7-19-9)14-6-5-12-15-10(8-20-12)13(17)18/h1-4,7-8H,5-6H2,(H,14,16)(H,17,18). The van der Waals surface area contributed by atoms with Gasteiger partial charge in [0.05, 0.1) is 5.01 Å². The van der Waals surface area contributed by atoms with Crippen molar-refractivity contribution in [1.29, 1.82) is 0 Å². The van der Waals surface area contributed by atoms with Crippen molar-refractivity contribution < 1.29 is 14.7 Å². The lowest BCUT2D eigenvalue weighted by atomic mass is 10.4. The van der Waals surface area contributed by atoms with Crippen LogP contribution in [0.4, 0.5) is 0 Å². The molecule has 0 saturated heterocycles. The molecule has 0 saturated carbocycles. The lowest BCUT2D eigenvalue weighted by Crippen LogP contribution is -2.23. The quantitative estimate of drug-likeness (QED) is 0.802. The lowest BCUT2D eigenvalue weighted by Gasteiger charge is -1.99. The minimum atomic E-state index is -1.03. The molecule has 0 spiro atoms. The van der Waals surface area contributed by atoms with Gasteiger partial charge in [-0.2, -0.15) is 0 Å². The Bertz CT molecular complexity index is 617. The second-order valence-corrected chi connectivity index (χ2v) is 5.74. The molecule has 2 N–H and O–H groups in total. The molecule has 0 unspecified atom stereocenters. The molecule has 0 atom stereocenters. The number of thiazole rings is 1. The van der Waals surface area contributed by atoms with Gasteiger partial charge >= 0.3 is 5.97 Å². The van der Waals surface area contributed by atoms with Gasteiger partial charge in [0.2, 0.25) is 5.91 Å². The number of thiophene rings is 1. The predicted molar refractivity (Wildman–Crippen MR) is 79.1 cm³/mol. The van der Waals surface area contributed by atoms with Gasteiger partial charge in [-0.3, -0.25) is 4.79 Å². The summed E-state index contributed by atoms with van der Waals surface area (Å²) in [5.74, 6) is -1.20. The van der Waals surface area contributed by atoms with E-state index in [0.717, 1.165) is 4.88 Å². The minimum absolute atomic E-state index is 0.0499. The van der Waals surface area contributed by atoms with Crippen molar-refractivity contribution in [2.24, 2.45) is 0 Å². The molecule has 0 bridgehead atoms. The van der Waals surface area contributed by atoms with Crippen LogP contribution < -0.4 is 5.32 Å². The number of carbonyl (C=O) groups is 2. The van der Waals surface area contributed by atoms with Gasteiger partial charge in [0.15, 0.2) is 5.69 Å². The number of nitrogens with zero attached hydrogens (tertiary/aromatic N) is 1. The van der Waals surface area contributed by atoms with Gasteiger partial charge in [-0.25, -0.2) is 9.78 Å². The zero-order valence-corrected chi connectivity index (χ0v) is 12.0. The summed E-state index contributed by atoms with van der Waals surface area (Å²) in [4.78, 5) is 27.2. The highest BCUT2D eigenvalue weighted by Crippen LogP contribution is 2.11. The number of carboxylic acids is 1. The molecule has 7 heteroatoms. The van der Waals surface area contributed by atoms with Crippen LogP contribution >= 0.6 is 22.7 Å². The van der Waals surface area contributed by atoms with E-state index in [0.29, 0.717) is 18.0 Å². The Kier molecular flexibility index (Phi) is 5.03. The summed E-state index contributed by atoms with van der Waals surface area (Å²) in [6, 6.07) is 3.85. The van der Waals surface area contributed by atoms with Crippen molar-refractivity contribution in [3.63, 3.8) is 0 Å². The molecule has 0 aliphatic carbocycles. The number of rotatable bonds is 6. The third-order valence-electron chi connectivity index (χ3n) is 2.35. The van der Waals surface area contributed by atoms with Crippen LogP contribution in [-0.4, -0.2) is 28.5 Å². The second kappa shape index (κ2) is 6.97. The first-order valence-corrected chi connectivity index (χ1v) is 7.58. The normalized spacial score (nSPS) is 10.8. The maximum atomic E-state index is 11.5. The number of amides is 1. The number of carboxylic acid groups (broad SMARTS) is 1. The van der Waals surface area contributed by atoms with Crippen LogP contribution in [0.5, 0.6) is 0 Å². The predicted octanol–water partition coefficient (Wildman–Crippen LogP) is 2.27. The zero-order chi connectivity index (χ0) is 14.4. The van der Waals surface area contributed by atoms with Gasteiger partial charge in [-0.05, 0) is 17.5 Å². The summed E-state index contributed by atoms with van der Waals surface area (Å²) in [6.07, 6.45) is 3.76. The Hall–Kier alpha value is -1.99. The number of aromatic carboxylic acids is 1. The van der Waals surface area contributed by atoms with Gasteiger partial charge in [0, 0.05) is 29.3 Å². The second-order valence-electron chi connectivity index (χ2n) is 3.82. The van der Waals surface area contributed by atoms with Crippen LogP contribution in [-0.2, 0) is 11.2 Å². The van der Waals surface area contributed by atoms with Crippen molar-refractivity contribution in [1.82, 2.24) is 10.3 Å². The largest absolute Gasteiger partial charge is 0.476 e. The molecule has 2 aromatic rings. The minimum Gasteiger partial charge on any atom is -0.476 e. The van der Waals surface area contributed by atoms with Crippen LogP contribution in [0.25, 0.3) is 6.08 Å². The molecule has 0 aromatic carbocycles. The number of hydrogen-bond donors (Lipinski definition) is 2. The van der Waals surface area contributed by atoms with Gasteiger partial charge in [0.25, 0.3) is 0 Å². The van der Waals surface area contributed by atoms with Gasteiger partial charge < -0.3 is 10.4 Å². The topological polar surface area (TPSA) is 79.3 Å². The molecule has 2 aromatic heterocycles. The van der Waals surface area contributed by atoms with E-state index in [1.807, 2.05) is 17.5 Å². The summed E-state index contributed by atoms with van der Waals surface area (Å²) in [6.45, 7) is 0.431. The number of nitrogens with one attached hydrogen (secondary N) is 1. The van der Waals surface area contributed by atoms with Crippen molar-refractivity contribution in [2.45, 2.75) is 6.42 Å². The summed E-state index contributed by atoms with van der Waals surface area (Å²) in [7, 11) is 0. The van der Waals surface area contributed by atoms with Crippen molar-refractivity contribution in [2.75, 3.05) is 6.54 Å². The first-order chi connectivity index (χ1) is 9.65. The summed E-state index contributed by atoms with van der Waals surface area (Å²) < 4.78 is 0. The fraction of sp³-hybridized carbons (Fsp3) is 0.154. The smallest absolute Gasteiger partial charge is 0.355 e. The van der Waals surface area contributed by atoms with Crippen molar-refractivity contribution >= 4 is 40.6 Å². The SMILES string of the molecule is O=C(C=Cc1cccs1)NCCc1nc(C(=O)O)cs1. The average Bonchev–Trinajstić information content (AvgIpc) is 3.07. The van der Waals surface area contributed by atoms with Crippen LogP contribution in [0, 0.1) is 0 Å². The first kappa shape index (κ1) is 14.4. The Balaban J connectivity index is 1.75. The summed E-state index contributed by atoms with van der Waals surface area (Å²) >= 11 is 2.84. The molecule has 2 heterocycles. The molecule has 1 amide bonds. The Morgan fingerprint density at radius 3 is 2.90 bits per heavy atom. The summed E-state index contributed by atoms with van der Waals surface area (Å²) in [5, 5.41) is 15.6. The van der Waals surface area contributed by atoms with E-state index in [2.05, 4.69) is 10.3 Å². The number of hydrogen-bond acceptors (Lipinski definition) is 5. The Morgan fingerprint density at radius 1 is 1.40 bits per heavy atom. The third-order valence-corrected chi connectivity index (χ3v) is 4.10. The van der Waals surface area contributed by atoms with E-state index in [-0.39, 0.29) is 11.6 Å². The zero-order valence-electron chi connectivity index (χ0n) is 10.4. The van der Waals surface area contributed by atoms with Crippen molar-refractivity contribution in [3.8, 4) is 0 Å². The molecule has 5 nitrogen and oxygen atoms in total. The fourth-order valence-corrected chi connectivity index (χ4v) is 2.81. The van der Waals surface area contributed by atoms with E-state index in [1.54, 1.807) is 17.4 Å². The van der Waals surface area contributed by atoms with Gasteiger partial charge in [-0.15, -0.1) is 22.7 Å². The molecule has 0 fully saturated rings. The highest BCUT2D eigenvalue weighted by atomic mass is 32.1. The maximum absolute atomic E-state index is 11.5. The average molecular weight is 308 g/mol. The molecule has 104 valence electrons. The van der Waals surface area contributed by atoms with Crippen LogP contribution in [0.15, 0.2) is 29.0 Å². The van der Waals surface area contributed by atoms with E-state index in [9.17, 15) is 9.59 Å². The Morgan fingerprint density at radius 2 is 2.25 bits per heavy atom. The van der Waals surface area contributed by atoms with Gasteiger partial charge in [-0.1, -0.05) is 6.07 Å². The van der Waals surface area contributed by atoms with E-state index >= 15 is 0 Å². The van der Waals surface area contributed by atoms with E-state index in [4.69, 9.17) is 5.11 Å².